The third-order valence-corrected chi connectivity index (χ3v) is 10.6. The normalized spacial score (nSPS) is 45.6. The number of esters is 2. The van der Waals surface area contributed by atoms with Crippen LogP contribution in [-0.4, -0.2) is 71.3 Å². The molecular formula is C28H42O8Si. The monoisotopic (exact) mass is 534 g/mol. The largest absolute Gasteiger partial charge is 0.467 e. The van der Waals surface area contributed by atoms with Gasteiger partial charge in [-0.2, -0.15) is 0 Å². The number of hydrogen-bond donors (Lipinski definition) is 0. The number of hydrogen-bond acceptors (Lipinski definition) is 8. The molecule has 2 bridgehead atoms. The van der Waals surface area contributed by atoms with Crippen molar-refractivity contribution in [3.05, 3.63) is 24.3 Å². The average Bonchev–Trinajstić information content (AvgIpc) is 3.05. The molecule has 1 spiro atoms. The lowest BCUT2D eigenvalue weighted by atomic mass is 9.40. The van der Waals surface area contributed by atoms with Crippen molar-refractivity contribution in [2.24, 2.45) is 34.5 Å². The van der Waals surface area contributed by atoms with Crippen LogP contribution < -0.4 is 0 Å². The SMILES string of the molecule is COC(=O)[C@@]12C=C[C@@H]3[C@@]4(C)CC=C[C@@H](C)[C@@H]4C[C@H]4O[C@@H](OCCO[Si](C)(C)C)[C@H](OC(C)=O)[C@@H]1[C@@]34CO2. The highest BCUT2D eigenvalue weighted by atomic mass is 28.4. The summed E-state index contributed by atoms with van der Waals surface area (Å²) in [6.45, 7) is 13.4. The lowest BCUT2D eigenvalue weighted by molar-refractivity contribution is -0.328. The Bertz CT molecular complexity index is 989. The molecule has 2 saturated heterocycles. The lowest BCUT2D eigenvalue weighted by Crippen LogP contribution is -2.72. The number of methoxy groups -OCH3 is 1. The molecular weight excluding hydrogens is 492 g/mol. The number of allylic oxidation sites excluding steroid dienone is 3. The van der Waals surface area contributed by atoms with Gasteiger partial charge in [0.1, 0.15) is 0 Å². The summed E-state index contributed by atoms with van der Waals surface area (Å²) >= 11 is 0. The molecule has 0 aromatic heterocycles. The minimum Gasteiger partial charge on any atom is -0.467 e. The van der Waals surface area contributed by atoms with Crippen LogP contribution in [0.15, 0.2) is 24.3 Å². The quantitative estimate of drug-likeness (QED) is 0.211. The molecule has 0 radical (unpaired) electrons. The van der Waals surface area contributed by atoms with Gasteiger partial charge in [0, 0.05) is 12.3 Å². The fourth-order valence-corrected chi connectivity index (χ4v) is 8.92. The molecule has 5 rings (SSSR count). The molecule has 0 aromatic carbocycles. The Labute approximate surface area is 221 Å². The number of carbonyl (C=O) groups is 2. The zero-order valence-corrected chi connectivity index (χ0v) is 24.2. The summed E-state index contributed by atoms with van der Waals surface area (Å²) < 4.78 is 36.7. The van der Waals surface area contributed by atoms with Crippen molar-refractivity contribution in [3.8, 4) is 0 Å². The second kappa shape index (κ2) is 9.29. The van der Waals surface area contributed by atoms with Crippen LogP contribution in [0.3, 0.4) is 0 Å². The van der Waals surface area contributed by atoms with Gasteiger partial charge in [0.05, 0.1) is 39.0 Å². The first-order valence-corrected chi connectivity index (χ1v) is 17.0. The maximum Gasteiger partial charge on any atom is 0.342 e. The second-order valence-corrected chi connectivity index (χ2v) is 17.3. The van der Waals surface area contributed by atoms with Crippen molar-refractivity contribution in [2.75, 3.05) is 26.9 Å². The van der Waals surface area contributed by atoms with Crippen LogP contribution in [0.5, 0.6) is 0 Å². The van der Waals surface area contributed by atoms with E-state index in [1.54, 1.807) is 0 Å². The Balaban J connectivity index is 1.58. The molecule has 2 aliphatic heterocycles. The third kappa shape index (κ3) is 4.07. The highest BCUT2D eigenvalue weighted by Crippen LogP contribution is 2.71. The Kier molecular flexibility index (Phi) is 6.80. The Hall–Kier alpha value is -1.52. The number of carbonyl (C=O) groups excluding carboxylic acids is 2. The summed E-state index contributed by atoms with van der Waals surface area (Å²) in [7, 11) is -0.347. The second-order valence-electron chi connectivity index (χ2n) is 12.7. The summed E-state index contributed by atoms with van der Waals surface area (Å²) in [6.07, 6.45) is 8.52. The van der Waals surface area contributed by atoms with Crippen molar-refractivity contribution in [2.45, 2.75) is 77.4 Å². The molecule has 2 heterocycles. The predicted molar refractivity (Wildman–Crippen MR) is 138 cm³/mol. The van der Waals surface area contributed by atoms with Gasteiger partial charge in [0.15, 0.2) is 26.3 Å². The van der Waals surface area contributed by atoms with Crippen LogP contribution in [0.1, 0.15) is 33.6 Å². The number of fused-ring (bicyclic) bond motifs is 2. The van der Waals surface area contributed by atoms with Gasteiger partial charge in [-0.3, -0.25) is 4.79 Å². The molecule has 1 saturated carbocycles. The summed E-state index contributed by atoms with van der Waals surface area (Å²) in [6, 6.07) is 0. The van der Waals surface area contributed by atoms with E-state index in [-0.39, 0.29) is 17.4 Å². The van der Waals surface area contributed by atoms with Crippen LogP contribution in [-0.2, 0) is 37.7 Å². The lowest BCUT2D eigenvalue weighted by Gasteiger charge is -2.66. The molecule has 3 aliphatic carbocycles. The van der Waals surface area contributed by atoms with E-state index in [4.69, 9.17) is 28.1 Å². The van der Waals surface area contributed by atoms with E-state index in [0.29, 0.717) is 31.7 Å². The van der Waals surface area contributed by atoms with Crippen molar-refractivity contribution in [1.29, 1.82) is 0 Å². The molecule has 9 heteroatoms. The Morgan fingerprint density at radius 1 is 1.16 bits per heavy atom. The molecule has 8 nitrogen and oxygen atoms in total. The first kappa shape index (κ1) is 27.1. The Morgan fingerprint density at radius 3 is 2.59 bits per heavy atom. The molecule has 206 valence electrons. The fourth-order valence-electron chi connectivity index (χ4n) is 8.22. The van der Waals surface area contributed by atoms with Crippen LogP contribution in [0.25, 0.3) is 0 Å². The first-order chi connectivity index (χ1) is 17.4. The minimum absolute atomic E-state index is 0.0433. The standard InChI is InChI=1S/C28H42O8Si/c1-17-9-8-11-26(3)19(17)15-21-27-16-33-28(25(30)31-4,12-10-20(26)27)23(27)22(35-18(2)29)24(36-21)32-13-14-34-37(5,6)7/h8-10,12,17,19-24H,11,13-16H2,1-7H3/t17-,19+,20-,21-,22-,23-,24-,26+,27+,28-/m1/s1. The van der Waals surface area contributed by atoms with E-state index in [1.165, 1.54) is 14.0 Å². The van der Waals surface area contributed by atoms with Gasteiger partial charge in [-0.1, -0.05) is 32.1 Å². The highest BCUT2D eigenvalue weighted by Gasteiger charge is 2.78. The maximum absolute atomic E-state index is 13.4. The van der Waals surface area contributed by atoms with Gasteiger partial charge in [-0.05, 0) is 61.7 Å². The topological polar surface area (TPSA) is 89.5 Å². The van der Waals surface area contributed by atoms with Gasteiger partial charge in [0.25, 0.3) is 0 Å². The van der Waals surface area contributed by atoms with Crippen molar-refractivity contribution in [1.82, 2.24) is 0 Å². The van der Waals surface area contributed by atoms with Crippen LogP contribution in [0.4, 0.5) is 0 Å². The van der Waals surface area contributed by atoms with Gasteiger partial charge in [0.2, 0.25) is 0 Å². The van der Waals surface area contributed by atoms with E-state index < -0.39 is 49.6 Å². The summed E-state index contributed by atoms with van der Waals surface area (Å²) in [5.74, 6) is -0.544. The van der Waals surface area contributed by atoms with Crippen LogP contribution in [0.2, 0.25) is 19.6 Å². The molecule has 5 aliphatic rings. The van der Waals surface area contributed by atoms with E-state index in [0.717, 1.165) is 12.8 Å². The van der Waals surface area contributed by atoms with Crippen molar-refractivity contribution < 1.29 is 37.7 Å². The number of rotatable bonds is 7. The van der Waals surface area contributed by atoms with Crippen molar-refractivity contribution >= 4 is 20.3 Å². The maximum atomic E-state index is 13.4. The first-order valence-electron chi connectivity index (χ1n) is 13.6. The van der Waals surface area contributed by atoms with Crippen molar-refractivity contribution in [3.63, 3.8) is 0 Å². The summed E-state index contributed by atoms with van der Waals surface area (Å²) in [5.41, 5.74) is -1.95. The van der Waals surface area contributed by atoms with Gasteiger partial charge >= 0.3 is 11.9 Å². The molecule has 3 fully saturated rings. The van der Waals surface area contributed by atoms with E-state index >= 15 is 0 Å². The molecule has 37 heavy (non-hydrogen) atoms. The molecule has 10 atom stereocenters. The van der Waals surface area contributed by atoms with E-state index in [9.17, 15) is 9.59 Å². The van der Waals surface area contributed by atoms with E-state index in [1.807, 2.05) is 6.08 Å². The van der Waals surface area contributed by atoms with Gasteiger partial charge in [-0.15, -0.1) is 0 Å². The average molecular weight is 535 g/mol. The smallest absolute Gasteiger partial charge is 0.342 e. The highest BCUT2D eigenvalue weighted by molar-refractivity contribution is 6.69. The van der Waals surface area contributed by atoms with Crippen LogP contribution >= 0.6 is 0 Å². The zero-order valence-electron chi connectivity index (χ0n) is 23.2. The summed E-state index contributed by atoms with van der Waals surface area (Å²) in [5, 5.41) is 0. The zero-order chi connectivity index (χ0) is 26.8. The predicted octanol–water partition coefficient (Wildman–Crippen LogP) is 3.86. The fraction of sp³-hybridized carbons (Fsp3) is 0.786. The summed E-state index contributed by atoms with van der Waals surface area (Å²) in [4.78, 5) is 25.8. The van der Waals surface area contributed by atoms with Crippen LogP contribution in [0, 0.1) is 34.5 Å². The molecule has 0 amide bonds. The van der Waals surface area contributed by atoms with Gasteiger partial charge in [-0.25, -0.2) is 4.79 Å². The minimum atomic E-state index is -1.72. The third-order valence-electron chi connectivity index (χ3n) is 9.58. The Morgan fingerprint density at radius 2 is 1.92 bits per heavy atom. The molecule has 0 N–H and O–H groups in total. The molecule has 0 aromatic rings. The number of ether oxygens (including phenoxy) is 5. The van der Waals surface area contributed by atoms with E-state index in [2.05, 4.69) is 51.7 Å². The molecule has 0 unspecified atom stereocenters. The van der Waals surface area contributed by atoms with Gasteiger partial charge < -0.3 is 28.1 Å².